The molecule has 35 heavy (non-hydrogen) atoms. The van der Waals surface area contributed by atoms with Crippen LogP contribution in [0.25, 0.3) is 0 Å². The van der Waals surface area contributed by atoms with Gasteiger partial charge < -0.3 is 15.3 Å². The second kappa shape index (κ2) is 10.7. The van der Waals surface area contributed by atoms with Gasteiger partial charge in [0.05, 0.1) is 5.25 Å². The number of aromatic nitrogens is 4. The molecule has 2 aliphatic heterocycles. The standard InChI is InChI=1S/C20H32N6O6PS2/c1-8-30-26-18(22-23-24-26)35-12(9-33(29)32-20(5,6)7)11-10-34-16-13(21)15(27)25(16)14(11)17(28)31-19(2,3)4/h12-13,16H,8-10,21H2,1-7H3/q+1/t12?,13?,16-/m1/s1. The van der Waals surface area contributed by atoms with Crippen LogP contribution in [0, 0.1) is 0 Å². The summed E-state index contributed by atoms with van der Waals surface area (Å²) in [4.78, 5) is 34.1. The first-order chi connectivity index (χ1) is 16.2. The van der Waals surface area contributed by atoms with Gasteiger partial charge in [-0.15, -0.1) is 16.3 Å². The fraction of sp³-hybridized carbons (Fsp3) is 0.750. The van der Waals surface area contributed by atoms with Gasteiger partial charge in [0, 0.05) is 5.75 Å². The van der Waals surface area contributed by atoms with Crippen LogP contribution >= 0.6 is 31.6 Å². The lowest BCUT2D eigenvalue weighted by Gasteiger charge is -2.49. The Bertz CT molecular complexity index is 1020. The summed E-state index contributed by atoms with van der Waals surface area (Å²) in [7, 11) is -2.14. The minimum Gasteiger partial charge on any atom is -0.455 e. The Morgan fingerprint density at radius 1 is 1.29 bits per heavy atom. The predicted molar refractivity (Wildman–Crippen MR) is 132 cm³/mol. The summed E-state index contributed by atoms with van der Waals surface area (Å²) in [5.74, 6) is -0.623. The Morgan fingerprint density at radius 3 is 2.57 bits per heavy atom. The van der Waals surface area contributed by atoms with E-state index in [1.807, 2.05) is 20.8 Å². The maximum absolute atomic E-state index is 13.3. The molecule has 3 unspecified atom stereocenters. The quantitative estimate of drug-likeness (QED) is 0.208. The fourth-order valence-corrected chi connectivity index (χ4v) is 7.54. The van der Waals surface area contributed by atoms with Crippen molar-refractivity contribution in [3.05, 3.63) is 11.3 Å². The van der Waals surface area contributed by atoms with E-state index in [9.17, 15) is 14.2 Å². The van der Waals surface area contributed by atoms with Gasteiger partial charge in [0.25, 0.3) is 0 Å². The van der Waals surface area contributed by atoms with Gasteiger partial charge in [-0.25, -0.2) is 4.79 Å². The molecule has 3 heterocycles. The number of hydrogen-bond acceptors (Lipinski definition) is 12. The minimum absolute atomic E-state index is 0.0528. The van der Waals surface area contributed by atoms with Crippen molar-refractivity contribution in [2.75, 3.05) is 18.5 Å². The van der Waals surface area contributed by atoms with Crippen molar-refractivity contribution in [1.82, 2.24) is 25.3 Å². The Hall–Kier alpha value is -1.73. The Morgan fingerprint density at radius 2 is 1.97 bits per heavy atom. The van der Waals surface area contributed by atoms with Crippen molar-refractivity contribution in [3.63, 3.8) is 0 Å². The summed E-state index contributed by atoms with van der Waals surface area (Å²) in [6.45, 7) is 12.8. The number of fused-ring (bicyclic) bond motifs is 1. The number of amides is 1. The van der Waals surface area contributed by atoms with Crippen molar-refractivity contribution < 1.29 is 28.3 Å². The van der Waals surface area contributed by atoms with Gasteiger partial charge in [0.2, 0.25) is 11.1 Å². The maximum atomic E-state index is 13.3. The number of carbonyl (C=O) groups excluding carboxylic acids is 2. The van der Waals surface area contributed by atoms with E-state index in [1.165, 1.54) is 33.3 Å². The summed E-state index contributed by atoms with van der Waals surface area (Å²) in [6, 6.07) is -0.698. The van der Waals surface area contributed by atoms with Gasteiger partial charge in [0.1, 0.15) is 34.9 Å². The molecule has 1 aromatic rings. The molecule has 194 valence electrons. The van der Waals surface area contributed by atoms with Gasteiger partial charge >= 0.3 is 14.0 Å². The Kier molecular flexibility index (Phi) is 8.53. The summed E-state index contributed by atoms with van der Waals surface area (Å²) >= 11 is 2.62. The number of esters is 1. The van der Waals surface area contributed by atoms with Gasteiger partial charge in [-0.1, -0.05) is 21.7 Å². The molecule has 2 N–H and O–H groups in total. The number of tetrazole rings is 1. The molecule has 1 saturated heterocycles. The maximum Gasteiger partial charge on any atom is 0.510 e. The number of thioether (sulfide) groups is 2. The lowest BCUT2D eigenvalue weighted by Crippen LogP contribution is -2.69. The van der Waals surface area contributed by atoms with E-state index in [1.54, 1.807) is 27.7 Å². The van der Waals surface area contributed by atoms with Crippen LogP contribution in [-0.4, -0.2) is 83.5 Å². The lowest BCUT2D eigenvalue weighted by molar-refractivity contribution is -0.158. The van der Waals surface area contributed by atoms with E-state index in [4.69, 9.17) is 19.8 Å². The first-order valence-electron chi connectivity index (χ1n) is 11.1. The zero-order valence-electron chi connectivity index (χ0n) is 20.9. The Balaban J connectivity index is 2.05. The monoisotopic (exact) mass is 547 g/mol. The van der Waals surface area contributed by atoms with E-state index in [-0.39, 0.29) is 23.1 Å². The van der Waals surface area contributed by atoms with E-state index in [0.29, 0.717) is 23.1 Å². The third kappa shape index (κ3) is 6.73. The van der Waals surface area contributed by atoms with E-state index in [2.05, 4.69) is 15.5 Å². The van der Waals surface area contributed by atoms with Crippen LogP contribution in [0.4, 0.5) is 0 Å². The fourth-order valence-electron chi connectivity index (χ4n) is 3.37. The largest absolute Gasteiger partial charge is 0.510 e. The summed E-state index contributed by atoms with van der Waals surface area (Å²) < 4.78 is 24.4. The van der Waals surface area contributed by atoms with E-state index < -0.39 is 36.5 Å². The number of nitrogens with zero attached hydrogens (tertiary/aromatic N) is 5. The summed E-state index contributed by atoms with van der Waals surface area (Å²) in [6.07, 6.45) is 0.0528. The molecular weight excluding hydrogens is 515 g/mol. The van der Waals surface area contributed by atoms with Crippen molar-refractivity contribution in [2.24, 2.45) is 5.73 Å². The molecule has 4 atom stereocenters. The van der Waals surface area contributed by atoms with Crippen molar-refractivity contribution in [1.29, 1.82) is 0 Å². The number of nitrogens with two attached hydrogens (primary N) is 1. The molecule has 1 amide bonds. The number of carbonyl (C=O) groups is 2. The molecule has 0 radical (unpaired) electrons. The van der Waals surface area contributed by atoms with Crippen LogP contribution in [0.3, 0.4) is 0 Å². The lowest BCUT2D eigenvalue weighted by atomic mass is 10.0. The third-order valence-corrected chi connectivity index (χ3v) is 8.79. The molecule has 0 aromatic carbocycles. The van der Waals surface area contributed by atoms with Crippen LogP contribution in [-0.2, 0) is 23.4 Å². The molecular formula is C20H32N6O6PS2+. The second-order valence-corrected chi connectivity index (χ2v) is 13.4. The molecule has 0 spiro atoms. The third-order valence-electron chi connectivity index (χ3n) is 4.62. The van der Waals surface area contributed by atoms with E-state index in [0.717, 1.165) is 0 Å². The van der Waals surface area contributed by atoms with Crippen molar-refractivity contribution >= 4 is 43.4 Å². The smallest absolute Gasteiger partial charge is 0.455 e. The summed E-state index contributed by atoms with van der Waals surface area (Å²) in [5.41, 5.74) is 5.29. The first kappa shape index (κ1) is 27.9. The van der Waals surface area contributed by atoms with Crippen LogP contribution in [0.1, 0.15) is 48.5 Å². The van der Waals surface area contributed by atoms with Gasteiger partial charge in [-0.05, 0) is 69.0 Å². The number of hydrogen-bond donors (Lipinski definition) is 1. The molecule has 1 aromatic heterocycles. The van der Waals surface area contributed by atoms with Gasteiger partial charge in [-0.3, -0.25) is 9.69 Å². The van der Waals surface area contributed by atoms with E-state index >= 15 is 0 Å². The molecule has 15 heteroatoms. The van der Waals surface area contributed by atoms with Crippen LogP contribution in [0.15, 0.2) is 16.4 Å². The zero-order chi connectivity index (χ0) is 26.1. The molecule has 0 aliphatic carbocycles. The van der Waals surface area contributed by atoms with Gasteiger partial charge in [-0.2, -0.15) is 0 Å². The molecule has 2 aliphatic rings. The SMILES string of the molecule is CCOn1nnnc1SC(C[P+](=O)OC(C)(C)C)C1=C(C(=O)OC(C)(C)C)N2C(=O)C(N)[C@H]2SC1. The molecule has 0 saturated carbocycles. The number of rotatable bonds is 9. The first-order valence-corrected chi connectivity index (χ1v) is 14.4. The second-order valence-electron chi connectivity index (χ2n) is 9.89. The normalized spacial score (nSPS) is 21.9. The predicted octanol–water partition coefficient (Wildman–Crippen LogP) is 1.98. The molecule has 0 bridgehead atoms. The minimum atomic E-state index is -2.14. The zero-order valence-corrected chi connectivity index (χ0v) is 23.4. The van der Waals surface area contributed by atoms with Crippen LogP contribution < -0.4 is 10.6 Å². The highest BCUT2D eigenvalue weighted by atomic mass is 32.2. The van der Waals surface area contributed by atoms with Gasteiger partial charge in [0.15, 0.2) is 6.16 Å². The molecule has 3 rings (SSSR count). The molecule has 12 nitrogen and oxygen atoms in total. The van der Waals surface area contributed by atoms with Crippen molar-refractivity contribution in [3.8, 4) is 0 Å². The average Bonchev–Trinajstić information content (AvgIpc) is 3.16. The number of β-lactam (4-membered cyclic amide) rings is 1. The topological polar surface area (TPSA) is 152 Å². The number of ether oxygens (including phenoxy) is 1. The Labute approximate surface area is 213 Å². The molecule has 1 fully saturated rings. The highest BCUT2D eigenvalue weighted by Gasteiger charge is 2.54. The summed E-state index contributed by atoms with van der Waals surface area (Å²) in [5, 5.41) is 10.9. The van der Waals surface area contributed by atoms with Crippen LogP contribution in [0.2, 0.25) is 0 Å². The van der Waals surface area contributed by atoms with Crippen molar-refractivity contribution in [2.45, 2.75) is 81.5 Å². The highest BCUT2D eigenvalue weighted by molar-refractivity contribution is 8.01. The van der Waals surface area contributed by atoms with Crippen LogP contribution in [0.5, 0.6) is 0 Å². The highest BCUT2D eigenvalue weighted by Crippen LogP contribution is 2.46. The average molecular weight is 548 g/mol.